The zero-order valence-corrected chi connectivity index (χ0v) is 23.1. The van der Waals surface area contributed by atoms with Gasteiger partial charge in [0.15, 0.2) is 10.9 Å². The average Bonchev–Trinajstić information content (AvgIpc) is 3.42. The number of allylic oxidation sites excluding steroid dienone is 1. The van der Waals surface area contributed by atoms with E-state index in [1.165, 1.54) is 17.4 Å². The SMILES string of the molecule is O=C(O)c1cc(F)c2nc(N3C4CCC3CC(/C=C/c3c(-c5c(Cl)cccc5Cl)noc3C3CC3)C4)sc2c1. The number of carbonyl (C=O) groups is 1. The molecule has 7 rings (SSSR count). The van der Waals surface area contributed by atoms with Crippen molar-refractivity contribution in [2.24, 2.45) is 5.92 Å². The fraction of sp³-hybridized carbons (Fsp3) is 0.345. The van der Waals surface area contributed by atoms with Crippen LogP contribution < -0.4 is 4.90 Å². The summed E-state index contributed by atoms with van der Waals surface area (Å²) < 4.78 is 21.0. The quantitative estimate of drug-likeness (QED) is 0.245. The fourth-order valence-corrected chi connectivity index (χ4v) is 7.89. The zero-order chi connectivity index (χ0) is 26.8. The van der Waals surface area contributed by atoms with E-state index in [4.69, 9.17) is 27.7 Å². The second kappa shape index (κ2) is 9.61. The third-order valence-electron chi connectivity index (χ3n) is 8.11. The highest BCUT2D eigenvalue weighted by Gasteiger charge is 2.42. The molecule has 3 fully saturated rings. The lowest BCUT2D eigenvalue weighted by Gasteiger charge is -2.38. The van der Waals surface area contributed by atoms with Gasteiger partial charge in [-0.3, -0.25) is 0 Å². The number of aromatic carboxylic acids is 1. The van der Waals surface area contributed by atoms with Crippen LogP contribution in [0.2, 0.25) is 10.0 Å². The van der Waals surface area contributed by atoms with E-state index in [1.54, 1.807) is 0 Å². The van der Waals surface area contributed by atoms with Crippen molar-refractivity contribution in [3.8, 4) is 11.3 Å². The fourth-order valence-electron chi connectivity index (χ4n) is 6.15. The second-order valence-electron chi connectivity index (χ2n) is 10.7. The Balaban J connectivity index is 1.16. The Morgan fingerprint density at radius 2 is 1.85 bits per heavy atom. The number of piperidine rings is 1. The summed E-state index contributed by atoms with van der Waals surface area (Å²) in [5.74, 6) is -0.0932. The van der Waals surface area contributed by atoms with Crippen LogP contribution in [0, 0.1) is 11.7 Å². The number of halogens is 3. The van der Waals surface area contributed by atoms with Gasteiger partial charge in [0, 0.05) is 29.1 Å². The molecule has 10 heteroatoms. The van der Waals surface area contributed by atoms with Crippen molar-refractivity contribution < 1.29 is 18.8 Å². The Hall–Kier alpha value is -2.94. The van der Waals surface area contributed by atoms with Gasteiger partial charge in [0.05, 0.1) is 20.3 Å². The summed E-state index contributed by atoms with van der Waals surface area (Å²) in [5, 5.41) is 15.6. The maximum Gasteiger partial charge on any atom is 0.335 e. The number of fused-ring (bicyclic) bond motifs is 3. The van der Waals surface area contributed by atoms with E-state index < -0.39 is 11.8 Å². The molecule has 1 aliphatic carbocycles. The number of anilines is 1. The Bertz CT molecular complexity index is 1610. The summed E-state index contributed by atoms with van der Waals surface area (Å²) in [4.78, 5) is 18.3. The molecule has 0 radical (unpaired) electrons. The minimum atomic E-state index is -1.14. The van der Waals surface area contributed by atoms with Crippen LogP contribution in [0.1, 0.15) is 66.1 Å². The van der Waals surface area contributed by atoms with Crippen LogP contribution >= 0.6 is 34.5 Å². The van der Waals surface area contributed by atoms with Crippen molar-refractivity contribution in [1.29, 1.82) is 0 Å². The molecule has 2 bridgehead atoms. The molecule has 2 unspecified atom stereocenters. The molecule has 4 heterocycles. The molecule has 2 atom stereocenters. The Morgan fingerprint density at radius 1 is 1.13 bits per heavy atom. The summed E-state index contributed by atoms with van der Waals surface area (Å²) in [5.41, 5.74) is 2.52. The normalized spacial score (nSPS) is 22.8. The maximum atomic E-state index is 14.6. The lowest BCUT2D eigenvalue weighted by atomic mass is 9.90. The van der Waals surface area contributed by atoms with Gasteiger partial charge in [-0.15, -0.1) is 0 Å². The number of nitrogens with zero attached hydrogens (tertiary/aromatic N) is 3. The van der Waals surface area contributed by atoms with E-state index in [0.717, 1.165) is 61.0 Å². The Kier molecular flexibility index (Phi) is 6.17. The summed E-state index contributed by atoms with van der Waals surface area (Å²) >= 11 is 14.4. The maximum absolute atomic E-state index is 14.6. The number of aromatic nitrogens is 2. The Morgan fingerprint density at radius 3 is 2.51 bits per heavy atom. The molecule has 2 saturated heterocycles. The molecule has 0 amide bonds. The molecular formula is C29H24Cl2FN3O3S. The van der Waals surface area contributed by atoms with Gasteiger partial charge >= 0.3 is 5.97 Å². The molecule has 1 saturated carbocycles. The first-order valence-electron chi connectivity index (χ1n) is 13.1. The van der Waals surface area contributed by atoms with E-state index in [1.807, 2.05) is 18.2 Å². The molecule has 200 valence electrons. The highest BCUT2D eigenvalue weighted by atomic mass is 35.5. The van der Waals surface area contributed by atoms with Gasteiger partial charge in [-0.25, -0.2) is 14.2 Å². The van der Waals surface area contributed by atoms with Crippen molar-refractivity contribution in [1.82, 2.24) is 10.1 Å². The van der Waals surface area contributed by atoms with Crippen LogP contribution in [0.5, 0.6) is 0 Å². The molecule has 2 aromatic heterocycles. The van der Waals surface area contributed by atoms with Crippen LogP contribution in [0.4, 0.5) is 9.52 Å². The predicted molar refractivity (Wildman–Crippen MR) is 152 cm³/mol. The number of hydrogen-bond acceptors (Lipinski definition) is 6. The standard InChI is InChI=1S/C29H24Cl2FN3O3S/c30-20-2-1-3-21(31)24(20)25-19(27(38-34-25)15-5-6-15)9-4-14-10-17-7-8-18(11-14)35(17)29-33-26-22(32)12-16(28(36)37)13-23(26)39-29/h1-4,9,12-15,17-18H,5-8,10-11H2,(H,36,37)/b9-4+. The second-order valence-corrected chi connectivity index (χ2v) is 12.5. The van der Waals surface area contributed by atoms with Gasteiger partial charge in [0.25, 0.3) is 0 Å². The molecule has 3 aliphatic rings. The third-order valence-corrected chi connectivity index (χ3v) is 9.76. The number of rotatable bonds is 6. The number of hydrogen-bond donors (Lipinski definition) is 1. The summed E-state index contributed by atoms with van der Waals surface area (Å²) in [7, 11) is 0. The van der Waals surface area contributed by atoms with Gasteiger partial charge in [0.1, 0.15) is 17.0 Å². The monoisotopic (exact) mass is 583 g/mol. The Labute approximate surface area is 238 Å². The van der Waals surface area contributed by atoms with Crippen molar-refractivity contribution in [2.45, 2.75) is 56.5 Å². The van der Waals surface area contributed by atoms with E-state index >= 15 is 0 Å². The van der Waals surface area contributed by atoms with Crippen LogP contribution in [0.15, 0.2) is 40.9 Å². The first kappa shape index (κ1) is 25.1. The largest absolute Gasteiger partial charge is 0.478 e. The lowest BCUT2D eigenvalue weighted by molar-refractivity contribution is 0.0696. The number of carboxylic acids is 1. The molecule has 4 aromatic rings. The number of carboxylic acid groups (broad SMARTS) is 1. The van der Waals surface area contributed by atoms with Crippen LogP contribution in [-0.2, 0) is 0 Å². The summed E-state index contributed by atoms with van der Waals surface area (Å²) in [6.45, 7) is 0. The smallest absolute Gasteiger partial charge is 0.335 e. The van der Waals surface area contributed by atoms with E-state index in [9.17, 15) is 14.3 Å². The van der Waals surface area contributed by atoms with E-state index in [0.29, 0.717) is 49.9 Å². The van der Waals surface area contributed by atoms with Crippen LogP contribution in [-0.4, -0.2) is 33.3 Å². The van der Waals surface area contributed by atoms with Gasteiger partial charge in [0.2, 0.25) is 0 Å². The average molecular weight is 585 g/mol. The highest BCUT2D eigenvalue weighted by molar-refractivity contribution is 7.22. The summed E-state index contributed by atoms with van der Waals surface area (Å²) in [6, 6.07) is 8.59. The molecule has 1 N–H and O–H groups in total. The first-order chi connectivity index (χ1) is 18.9. The topological polar surface area (TPSA) is 79.5 Å². The predicted octanol–water partition coefficient (Wildman–Crippen LogP) is 8.43. The molecular weight excluding hydrogens is 560 g/mol. The zero-order valence-electron chi connectivity index (χ0n) is 20.7. The van der Waals surface area contributed by atoms with E-state index in [-0.39, 0.29) is 11.1 Å². The minimum Gasteiger partial charge on any atom is -0.478 e. The number of benzene rings is 2. The highest BCUT2D eigenvalue weighted by Crippen LogP contribution is 2.48. The van der Waals surface area contributed by atoms with Gasteiger partial charge in [-0.05, 0) is 68.7 Å². The lowest BCUT2D eigenvalue weighted by Crippen LogP contribution is -2.42. The third kappa shape index (κ3) is 4.42. The first-order valence-corrected chi connectivity index (χ1v) is 14.7. The minimum absolute atomic E-state index is 0.0567. The van der Waals surface area contributed by atoms with Crippen molar-refractivity contribution in [3.63, 3.8) is 0 Å². The van der Waals surface area contributed by atoms with Crippen molar-refractivity contribution >= 4 is 61.9 Å². The molecule has 39 heavy (non-hydrogen) atoms. The van der Waals surface area contributed by atoms with Crippen molar-refractivity contribution in [3.05, 3.63) is 69.2 Å². The molecule has 0 spiro atoms. The number of thiazole rings is 1. The van der Waals surface area contributed by atoms with Crippen LogP contribution in [0.3, 0.4) is 0 Å². The van der Waals surface area contributed by atoms with Crippen molar-refractivity contribution in [2.75, 3.05) is 4.90 Å². The van der Waals surface area contributed by atoms with Crippen LogP contribution in [0.25, 0.3) is 27.6 Å². The summed E-state index contributed by atoms with van der Waals surface area (Å²) in [6.07, 6.45) is 10.6. The van der Waals surface area contributed by atoms with Gasteiger partial charge in [-0.1, -0.05) is 57.9 Å². The molecule has 6 nitrogen and oxygen atoms in total. The molecule has 2 aromatic carbocycles. The van der Waals surface area contributed by atoms with Gasteiger partial charge in [-0.2, -0.15) is 0 Å². The van der Waals surface area contributed by atoms with Gasteiger partial charge < -0.3 is 14.5 Å². The molecule has 2 aliphatic heterocycles. The van der Waals surface area contributed by atoms with E-state index in [2.05, 4.69) is 27.2 Å².